The van der Waals surface area contributed by atoms with Crippen molar-refractivity contribution in [3.05, 3.63) is 48.3 Å². The molecular formula is C17H16N4O4S. The molecule has 0 bridgehead atoms. The lowest BCUT2D eigenvalue weighted by molar-refractivity contribution is 0.0696. The number of rotatable bonds is 4. The maximum absolute atomic E-state index is 12.9. The summed E-state index contributed by atoms with van der Waals surface area (Å²) in [5.41, 5.74) is 0.760. The molecule has 8 nitrogen and oxygen atoms in total. The van der Waals surface area contributed by atoms with Crippen molar-refractivity contribution < 1.29 is 18.3 Å². The van der Waals surface area contributed by atoms with E-state index >= 15 is 0 Å². The number of carbonyl (C=O) groups is 1. The van der Waals surface area contributed by atoms with Gasteiger partial charge >= 0.3 is 5.97 Å². The third-order valence-electron chi connectivity index (χ3n) is 4.42. The number of fused-ring (bicyclic) bond motifs is 1. The average molecular weight is 372 g/mol. The molecule has 4 rings (SSSR count). The van der Waals surface area contributed by atoms with Crippen molar-refractivity contribution in [3.63, 3.8) is 0 Å². The number of carboxylic acids is 1. The van der Waals surface area contributed by atoms with Gasteiger partial charge in [-0.25, -0.2) is 22.9 Å². The minimum Gasteiger partial charge on any atom is -0.478 e. The number of sulfonamides is 1. The van der Waals surface area contributed by atoms with Gasteiger partial charge in [0, 0.05) is 24.7 Å². The molecule has 1 saturated heterocycles. The van der Waals surface area contributed by atoms with Crippen LogP contribution >= 0.6 is 0 Å². The molecule has 0 atom stereocenters. The summed E-state index contributed by atoms with van der Waals surface area (Å²) >= 11 is 0. The van der Waals surface area contributed by atoms with E-state index in [4.69, 9.17) is 0 Å². The van der Waals surface area contributed by atoms with E-state index in [1.54, 1.807) is 18.5 Å². The molecule has 1 aliphatic heterocycles. The van der Waals surface area contributed by atoms with Crippen LogP contribution < -0.4 is 0 Å². The van der Waals surface area contributed by atoms with Gasteiger partial charge in [-0.05, 0) is 43.2 Å². The van der Waals surface area contributed by atoms with Gasteiger partial charge in [0.05, 0.1) is 22.3 Å². The van der Waals surface area contributed by atoms with Crippen LogP contribution in [0.3, 0.4) is 0 Å². The molecule has 1 aliphatic rings. The largest absolute Gasteiger partial charge is 0.478 e. The van der Waals surface area contributed by atoms with Gasteiger partial charge in [0.1, 0.15) is 0 Å². The summed E-state index contributed by atoms with van der Waals surface area (Å²) in [5.74, 6) is -1.20. The number of aromatic carboxylic acids is 1. The third-order valence-corrected chi connectivity index (χ3v) is 6.29. The molecule has 3 aromatic rings. The van der Waals surface area contributed by atoms with Crippen molar-refractivity contribution in [2.75, 3.05) is 13.1 Å². The summed E-state index contributed by atoms with van der Waals surface area (Å²) < 4.78 is 28.6. The number of carboxylic acid groups (broad SMARTS) is 1. The first-order chi connectivity index (χ1) is 12.5. The Labute approximate surface area is 149 Å². The van der Waals surface area contributed by atoms with E-state index in [2.05, 4.69) is 10.1 Å². The van der Waals surface area contributed by atoms with E-state index in [9.17, 15) is 18.3 Å². The van der Waals surface area contributed by atoms with E-state index < -0.39 is 16.0 Å². The van der Waals surface area contributed by atoms with Crippen molar-refractivity contribution >= 4 is 27.0 Å². The summed E-state index contributed by atoms with van der Waals surface area (Å²) in [6.07, 6.45) is 4.81. The van der Waals surface area contributed by atoms with E-state index in [1.165, 1.54) is 27.2 Å². The second-order valence-electron chi connectivity index (χ2n) is 6.10. The molecule has 0 aliphatic carbocycles. The van der Waals surface area contributed by atoms with Gasteiger partial charge in [0.2, 0.25) is 10.0 Å². The first-order valence-electron chi connectivity index (χ1n) is 8.14. The number of hydrogen-bond acceptors (Lipinski definition) is 5. The highest BCUT2D eigenvalue weighted by molar-refractivity contribution is 7.89. The molecule has 0 spiro atoms. The predicted octanol–water partition coefficient (Wildman–Crippen LogP) is 1.90. The van der Waals surface area contributed by atoms with Crippen LogP contribution in [0.1, 0.15) is 23.2 Å². The van der Waals surface area contributed by atoms with Crippen molar-refractivity contribution in [1.82, 2.24) is 19.1 Å². The van der Waals surface area contributed by atoms with Gasteiger partial charge in [-0.2, -0.15) is 9.40 Å². The quantitative estimate of drug-likeness (QED) is 0.750. The fourth-order valence-corrected chi connectivity index (χ4v) is 4.69. The zero-order valence-corrected chi connectivity index (χ0v) is 14.6. The topological polar surface area (TPSA) is 105 Å². The molecule has 0 unspecified atom stereocenters. The van der Waals surface area contributed by atoms with Crippen LogP contribution in [0.2, 0.25) is 0 Å². The Morgan fingerprint density at radius 1 is 1.15 bits per heavy atom. The molecule has 3 heterocycles. The second-order valence-corrected chi connectivity index (χ2v) is 8.04. The summed E-state index contributed by atoms with van der Waals surface area (Å²) in [4.78, 5) is 15.7. The molecule has 2 aromatic heterocycles. The highest BCUT2D eigenvalue weighted by atomic mass is 32.2. The van der Waals surface area contributed by atoms with Crippen LogP contribution in [-0.2, 0) is 10.0 Å². The van der Waals surface area contributed by atoms with E-state index in [-0.39, 0.29) is 10.5 Å². The van der Waals surface area contributed by atoms with Crippen molar-refractivity contribution in [1.29, 1.82) is 0 Å². The van der Waals surface area contributed by atoms with E-state index in [0.717, 1.165) is 18.2 Å². The van der Waals surface area contributed by atoms with Gasteiger partial charge < -0.3 is 5.11 Å². The Kier molecular flexibility index (Phi) is 3.97. The lowest BCUT2D eigenvalue weighted by Crippen LogP contribution is -2.28. The normalized spacial score (nSPS) is 15.5. The van der Waals surface area contributed by atoms with Crippen LogP contribution in [0.4, 0.5) is 0 Å². The minimum absolute atomic E-state index is 0.0473. The summed E-state index contributed by atoms with van der Waals surface area (Å²) in [6, 6.07) is 7.63. The monoisotopic (exact) mass is 372 g/mol. The SMILES string of the molecule is O=C(O)c1cc(-n2ncc3cccnc32)cc(S(=O)(=O)N2CCCC2)c1. The zero-order chi connectivity index (χ0) is 18.3. The van der Waals surface area contributed by atoms with Crippen molar-refractivity contribution in [2.24, 2.45) is 0 Å². The second kappa shape index (κ2) is 6.19. The number of aromatic nitrogens is 3. The maximum atomic E-state index is 12.9. The molecule has 1 aromatic carbocycles. The fraction of sp³-hybridized carbons (Fsp3) is 0.235. The molecule has 1 N–H and O–H groups in total. The van der Waals surface area contributed by atoms with Gasteiger partial charge in [0.15, 0.2) is 5.65 Å². The minimum atomic E-state index is -3.75. The highest BCUT2D eigenvalue weighted by Gasteiger charge is 2.28. The van der Waals surface area contributed by atoms with Crippen molar-refractivity contribution in [2.45, 2.75) is 17.7 Å². The van der Waals surface area contributed by atoms with Crippen LogP contribution in [-0.4, -0.2) is 51.7 Å². The molecule has 0 saturated carbocycles. The summed E-state index contributed by atoms with van der Waals surface area (Å²) in [6.45, 7) is 0.891. The first-order valence-corrected chi connectivity index (χ1v) is 9.58. The predicted molar refractivity (Wildman–Crippen MR) is 93.8 cm³/mol. The molecule has 9 heteroatoms. The van der Waals surface area contributed by atoms with Gasteiger partial charge in [-0.15, -0.1) is 0 Å². The molecule has 134 valence electrons. The molecule has 0 radical (unpaired) electrons. The zero-order valence-electron chi connectivity index (χ0n) is 13.7. The molecule has 0 amide bonds. The van der Waals surface area contributed by atoms with E-state index in [1.807, 2.05) is 6.07 Å². The number of benzene rings is 1. The Morgan fingerprint density at radius 2 is 1.92 bits per heavy atom. The van der Waals surface area contributed by atoms with Gasteiger partial charge in [-0.1, -0.05) is 0 Å². The van der Waals surface area contributed by atoms with Crippen LogP contribution in [0.5, 0.6) is 0 Å². The third kappa shape index (κ3) is 2.74. The van der Waals surface area contributed by atoms with Crippen LogP contribution in [0.15, 0.2) is 47.6 Å². The smallest absolute Gasteiger partial charge is 0.335 e. The van der Waals surface area contributed by atoms with Crippen LogP contribution in [0, 0.1) is 0 Å². The van der Waals surface area contributed by atoms with Gasteiger partial charge in [0.25, 0.3) is 0 Å². The molecular weight excluding hydrogens is 356 g/mol. The number of nitrogens with zero attached hydrogens (tertiary/aromatic N) is 4. The summed E-state index contributed by atoms with van der Waals surface area (Å²) in [7, 11) is -3.75. The van der Waals surface area contributed by atoms with Crippen LogP contribution in [0.25, 0.3) is 16.7 Å². The summed E-state index contributed by atoms with van der Waals surface area (Å²) in [5, 5.41) is 14.4. The Balaban J connectivity index is 1.91. The number of hydrogen-bond donors (Lipinski definition) is 1. The Bertz CT molecular complexity index is 1100. The molecule has 1 fully saturated rings. The standard InChI is InChI=1S/C17H16N4O4S/c22-17(23)13-8-14(21-16-12(11-19-21)4-3-5-18-16)10-15(9-13)26(24,25)20-6-1-2-7-20/h3-5,8-11H,1-2,6-7H2,(H,22,23). The maximum Gasteiger partial charge on any atom is 0.335 e. The lowest BCUT2D eigenvalue weighted by atomic mass is 10.2. The van der Waals surface area contributed by atoms with Crippen molar-refractivity contribution in [3.8, 4) is 5.69 Å². The Hall–Kier alpha value is -2.78. The Morgan fingerprint density at radius 3 is 2.65 bits per heavy atom. The van der Waals surface area contributed by atoms with E-state index in [0.29, 0.717) is 24.4 Å². The van der Waals surface area contributed by atoms with Gasteiger partial charge in [-0.3, -0.25) is 0 Å². The lowest BCUT2D eigenvalue weighted by Gasteiger charge is -2.17. The fourth-order valence-electron chi connectivity index (χ4n) is 3.11. The highest BCUT2D eigenvalue weighted by Crippen LogP contribution is 2.25. The number of pyridine rings is 1. The molecule has 26 heavy (non-hydrogen) atoms. The average Bonchev–Trinajstić information content (AvgIpc) is 3.31. The first kappa shape index (κ1) is 16.7.